The van der Waals surface area contributed by atoms with Gasteiger partial charge in [-0.1, -0.05) is 113 Å². The van der Waals surface area contributed by atoms with E-state index in [1.807, 2.05) is 48.0 Å². The van der Waals surface area contributed by atoms with Gasteiger partial charge in [0, 0.05) is 12.1 Å². The number of hydrogen-bond donors (Lipinski definition) is 0. The van der Waals surface area contributed by atoms with Gasteiger partial charge in [-0.05, 0) is 49.5 Å². The van der Waals surface area contributed by atoms with Crippen molar-refractivity contribution in [3.05, 3.63) is 108 Å². The average molecular weight is 508 g/mol. The zero-order chi connectivity index (χ0) is 26.9. The molecule has 0 bridgehead atoms. The molecule has 38 heavy (non-hydrogen) atoms. The van der Waals surface area contributed by atoms with Crippen molar-refractivity contribution in [1.82, 2.24) is 14.7 Å². The third-order valence-corrected chi connectivity index (χ3v) is 7.35. The van der Waals surface area contributed by atoms with Gasteiger partial charge in [0.05, 0.1) is 23.0 Å². The first-order valence-electron chi connectivity index (χ1n) is 14.2. The number of nitrogens with zero attached hydrogens (tertiary/aromatic N) is 3. The molecule has 198 valence electrons. The number of carbonyl (C=O) groups is 1. The van der Waals surface area contributed by atoms with Crippen molar-refractivity contribution in [2.45, 2.75) is 71.8 Å². The van der Waals surface area contributed by atoms with Gasteiger partial charge in [0.2, 0.25) is 0 Å². The topological polar surface area (TPSA) is 38.1 Å². The van der Waals surface area contributed by atoms with E-state index in [1.165, 1.54) is 17.5 Å². The van der Waals surface area contributed by atoms with Crippen molar-refractivity contribution in [2.75, 3.05) is 6.54 Å². The smallest absolute Gasteiger partial charge is 0.258 e. The largest absolute Gasteiger partial charge is 0.331 e. The molecule has 1 aliphatic rings. The number of amides is 1. The predicted molar refractivity (Wildman–Crippen MR) is 159 cm³/mol. The molecule has 0 N–H and O–H groups in total. The van der Waals surface area contributed by atoms with Crippen molar-refractivity contribution in [1.29, 1.82) is 0 Å². The second-order valence-corrected chi connectivity index (χ2v) is 9.98. The van der Waals surface area contributed by atoms with Crippen LogP contribution in [0.5, 0.6) is 0 Å². The van der Waals surface area contributed by atoms with Gasteiger partial charge in [-0.15, -0.1) is 0 Å². The van der Waals surface area contributed by atoms with Crippen LogP contribution in [-0.4, -0.2) is 27.1 Å². The number of allylic oxidation sites excluding steroid dienone is 5. The zero-order valence-corrected chi connectivity index (χ0v) is 23.2. The molecule has 1 unspecified atom stereocenters. The van der Waals surface area contributed by atoms with Crippen molar-refractivity contribution in [3.63, 3.8) is 0 Å². The summed E-state index contributed by atoms with van der Waals surface area (Å²) >= 11 is 0. The fraction of sp³-hybridized carbons (Fsp3) is 0.353. The molecule has 2 aromatic carbocycles. The molecular formula is C34H41N3O. The lowest BCUT2D eigenvalue weighted by atomic mass is 9.88. The van der Waals surface area contributed by atoms with Crippen molar-refractivity contribution in [2.24, 2.45) is 0 Å². The number of hydrogen-bond acceptors (Lipinski definition) is 2. The van der Waals surface area contributed by atoms with E-state index in [0.29, 0.717) is 0 Å². The van der Waals surface area contributed by atoms with Crippen LogP contribution in [0.3, 0.4) is 0 Å². The SMILES string of the molecule is C=C/C=C(\C=C/C)n1nc(-c2ccccc2)c(C(=O)N2CCc3ccccc3C2CCCCC)c1CCC. The molecular weight excluding hydrogens is 466 g/mol. The summed E-state index contributed by atoms with van der Waals surface area (Å²) in [6, 6.07) is 18.9. The number of carbonyl (C=O) groups excluding carboxylic acids is 1. The molecule has 1 aliphatic heterocycles. The van der Waals surface area contributed by atoms with Gasteiger partial charge in [0.25, 0.3) is 5.91 Å². The highest BCUT2D eigenvalue weighted by Crippen LogP contribution is 2.37. The van der Waals surface area contributed by atoms with Gasteiger partial charge in [-0.3, -0.25) is 4.79 Å². The molecule has 4 nitrogen and oxygen atoms in total. The van der Waals surface area contributed by atoms with Crippen LogP contribution >= 0.6 is 0 Å². The highest BCUT2D eigenvalue weighted by atomic mass is 16.2. The van der Waals surface area contributed by atoms with E-state index in [0.717, 1.165) is 73.3 Å². The molecule has 4 heteroatoms. The summed E-state index contributed by atoms with van der Waals surface area (Å²) in [4.78, 5) is 16.8. The Kier molecular flexibility index (Phi) is 9.53. The minimum Gasteiger partial charge on any atom is -0.331 e. The average Bonchev–Trinajstić information content (AvgIpc) is 3.32. The molecule has 0 spiro atoms. The first kappa shape index (κ1) is 27.4. The summed E-state index contributed by atoms with van der Waals surface area (Å²) < 4.78 is 1.96. The molecule has 1 aromatic heterocycles. The number of aromatic nitrogens is 2. The highest BCUT2D eigenvalue weighted by molar-refractivity contribution is 6.02. The molecule has 1 atom stereocenters. The van der Waals surface area contributed by atoms with Crippen molar-refractivity contribution >= 4 is 11.6 Å². The highest BCUT2D eigenvalue weighted by Gasteiger charge is 2.35. The Hall–Kier alpha value is -3.66. The number of fused-ring (bicyclic) bond motifs is 1. The lowest BCUT2D eigenvalue weighted by Crippen LogP contribution is -2.40. The van der Waals surface area contributed by atoms with E-state index < -0.39 is 0 Å². The number of unbranched alkanes of at least 4 members (excludes halogenated alkanes) is 2. The molecule has 1 amide bonds. The van der Waals surface area contributed by atoms with Crippen LogP contribution in [0.2, 0.25) is 0 Å². The van der Waals surface area contributed by atoms with Crippen molar-refractivity contribution < 1.29 is 4.79 Å². The van der Waals surface area contributed by atoms with Crippen LogP contribution in [0.25, 0.3) is 17.0 Å². The summed E-state index contributed by atoms with van der Waals surface area (Å²) in [5.74, 6) is 0.0907. The summed E-state index contributed by atoms with van der Waals surface area (Å²) in [7, 11) is 0. The number of rotatable bonds is 11. The first-order valence-corrected chi connectivity index (χ1v) is 14.2. The molecule has 0 fully saturated rings. The van der Waals surface area contributed by atoms with Gasteiger partial charge < -0.3 is 4.90 Å². The standard InChI is InChI=1S/C34H41N3O/c1-5-9-11-23-30-29-22-15-14-19-26(29)24-25-36(30)34(38)32-31(18-8-4)37(28(16-6-2)17-7-3)35-33(32)27-20-12-10-13-21-27/h6-7,10,12-17,19-22,30H,2,5,8-9,11,18,23-25H2,1,3-4H3/b17-7-,28-16+. The summed E-state index contributed by atoms with van der Waals surface area (Å²) in [6.45, 7) is 11.0. The van der Waals surface area contributed by atoms with Crippen molar-refractivity contribution in [3.8, 4) is 11.3 Å². The molecule has 4 rings (SSSR count). The zero-order valence-electron chi connectivity index (χ0n) is 23.2. The van der Waals surface area contributed by atoms with Crippen LogP contribution in [0.4, 0.5) is 0 Å². The molecule has 0 saturated carbocycles. The lowest BCUT2D eigenvalue weighted by molar-refractivity contribution is 0.0647. The second-order valence-electron chi connectivity index (χ2n) is 9.98. The number of benzene rings is 2. The lowest BCUT2D eigenvalue weighted by Gasteiger charge is -2.38. The van der Waals surface area contributed by atoms with E-state index >= 15 is 0 Å². The van der Waals surface area contributed by atoms with E-state index in [1.54, 1.807) is 6.08 Å². The van der Waals surface area contributed by atoms with Crippen LogP contribution in [0.15, 0.2) is 85.5 Å². The van der Waals surface area contributed by atoms with E-state index in [9.17, 15) is 4.79 Å². The van der Waals surface area contributed by atoms with E-state index in [-0.39, 0.29) is 11.9 Å². The maximum absolute atomic E-state index is 14.7. The monoisotopic (exact) mass is 507 g/mol. The Bertz CT molecular complexity index is 1300. The maximum atomic E-state index is 14.7. The van der Waals surface area contributed by atoms with Crippen LogP contribution < -0.4 is 0 Å². The fourth-order valence-electron chi connectivity index (χ4n) is 5.58. The predicted octanol–water partition coefficient (Wildman–Crippen LogP) is 8.43. The minimum atomic E-state index is 0.0826. The summed E-state index contributed by atoms with van der Waals surface area (Å²) in [5, 5.41) is 5.10. The molecule has 2 heterocycles. The third-order valence-electron chi connectivity index (χ3n) is 7.35. The van der Waals surface area contributed by atoms with Gasteiger partial charge in [-0.2, -0.15) is 5.10 Å². The maximum Gasteiger partial charge on any atom is 0.258 e. The summed E-state index contributed by atoms with van der Waals surface area (Å²) in [5.41, 5.74) is 7.00. The van der Waals surface area contributed by atoms with E-state index in [4.69, 9.17) is 5.10 Å². The normalized spacial score (nSPS) is 15.6. The Morgan fingerprint density at radius 1 is 1.05 bits per heavy atom. The van der Waals surface area contributed by atoms with Gasteiger partial charge in [0.15, 0.2) is 0 Å². The Morgan fingerprint density at radius 2 is 1.82 bits per heavy atom. The Morgan fingerprint density at radius 3 is 2.53 bits per heavy atom. The van der Waals surface area contributed by atoms with Crippen LogP contribution in [-0.2, 0) is 12.8 Å². The van der Waals surface area contributed by atoms with E-state index in [2.05, 4.69) is 61.7 Å². The Labute approximate surface area is 228 Å². The first-order chi connectivity index (χ1) is 18.6. The van der Waals surface area contributed by atoms with Gasteiger partial charge in [0.1, 0.15) is 5.69 Å². The summed E-state index contributed by atoms with van der Waals surface area (Å²) in [6.07, 6.45) is 14.8. The molecule has 0 aliphatic carbocycles. The van der Waals surface area contributed by atoms with Crippen LogP contribution in [0.1, 0.15) is 86.1 Å². The van der Waals surface area contributed by atoms with Gasteiger partial charge in [-0.25, -0.2) is 4.68 Å². The molecule has 3 aromatic rings. The quantitative estimate of drug-likeness (QED) is 0.193. The molecule has 0 radical (unpaired) electrons. The minimum absolute atomic E-state index is 0.0826. The fourth-order valence-corrected chi connectivity index (χ4v) is 5.58. The third kappa shape index (κ3) is 5.75. The van der Waals surface area contributed by atoms with Crippen LogP contribution in [0, 0.1) is 0 Å². The van der Waals surface area contributed by atoms with Gasteiger partial charge >= 0.3 is 0 Å². The molecule has 0 saturated heterocycles. The second kappa shape index (κ2) is 13.2. The Balaban J connectivity index is 1.89.